The first-order valence-electron chi connectivity index (χ1n) is 4.73. The molecule has 1 rings (SSSR count). The van der Waals surface area contributed by atoms with Crippen LogP contribution in [0.15, 0.2) is 21.1 Å². The summed E-state index contributed by atoms with van der Waals surface area (Å²) in [6.07, 6.45) is 4.16. The van der Waals surface area contributed by atoms with E-state index in [0.29, 0.717) is 11.6 Å². The number of aromatic nitrogens is 1. The molecule has 5 nitrogen and oxygen atoms in total. The molecular formula is C9H15N3O2S. The fourth-order valence-electron chi connectivity index (χ4n) is 1.02. The van der Waals surface area contributed by atoms with E-state index in [2.05, 4.69) is 10.1 Å². The molecular weight excluding hydrogens is 214 g/mol. The first kappa shape index (κ1) is 11.9. The van der Waals surface area contributed by atoms with Gasteiger partial charge in [-0.25, -0.2) is 4.98 Å². The molecule has 0 atom stereocenters. The van der Waals surface area contributed by atoms with E-state index in [-0.39, 0.29) is 5.84 Å². The van der Waals surface area contributed by atoms with Crippen LogP contribution in [0.4, 0.5) is 0 Å². The topological polar surface area (TPSA) is 84.6 Å². The molecule has 15 heavy (non-hydrogen) atoms. The van der Waals surface area contributed by atoms with Crippen molar-refractivity contribution in [2.45, 2.75) is 31.4 Å². The van der Waals surface area contributed by atoms with Crippen LogP contribution in [0, 0.1) is 6.92 Å². The normalized spacial score (nSPS) is 11.9. The number of oxazole rings is 1. The monoisotopic (exact) mass is 229 g/mol. The van der Waals surface area contributed by atoms with Crippen molar-refractivity contribution in [1.29, 1.82) is 0 Å². The molecule has 0 unspecified atom stereocenters. The van der Waals surface area contributed by atoms with Gasteiger partial charge in [0.15, 0.2) is 0 Å². The number of oxime groups is 1. The van der Waals surface area contributed by atoms with Gasteiger partial charge in [-0.05, 0) is 19.8 Å². The Kier molecular flexibility index (Phi) is 5.03. The molecule has 0 bridgehead atoms. The van der Waals surface area contributed by atoms with Crippen LogP contribution in [0.5, 0.6) is 0 Å². The molecule has 0 fully saturated rings. The molecule has 0 aliphatic carbocycles. The number of nitrogens with two attached hydrogens (primary N) is 1. The average molecular weight is 229 g/mol. The lowest BCUT2D eigenvalue weighted by atomic mass is 10.2. The maximum Gasteiger partial charge on any atom is 0.255 e. The summed E-state index contributed by atoms with van der Waals surface area (Å²) in [5.74, 6) is 1.21. The van der Waals surface area contributed by atoms with Gasteiger partial charge in [0.1, 0.15) is 12.1 Å². The first-order valence-corrected chi connectivity index (χ1v) is 5.72. The average Bonchev–Trinajstić information content (AvgIpc) is 2.63. The van der Waals surface area contributed by atoms with Crippen LogP contribution in [-0.2, 0) is 0 Å². The maximum absolute atomic E-state index is 8.30. The van der Waals surface area contributed by atoms with Crippen molar-refractivity contribution in [3.8, 4) is 0 Å². The molecule has 3 N–H and O–H groups in total. The predicted octanol–water partition coefficient (Wildman–Crippen LogP) is 1.99. The summed E-state index contributed by atoms with van der Waals surface area (Å²) >= 11 is 1.58. The zero-order valence-corrected chi connectivity index (χ0v) is 9.46. The second-order valence-corrected chi connectivity index (χ2v) is 4.20. The summed E-state index contributed by atoms with van der Waals surface area (Å²) in [5.41, 5.74) is 6.23. The highest BCUT2D eigenvalue weighted by molar-refractivity contribution is 7.99. The van der Waals surface area contributed by atoms with Crippen LogP contribution >= 0.6 is 11.8 Å². The molecule has 0 saturated heterocycles. The van der Waals surface area contributed by atoms with E-state index >= 15 is 0 Å². The summed E-state index contributed by atoms with van der Waals surface area (Å²) in [4.78, 5) is 4.17. The zero-order chi connectivity index (χ0) is 11.1. The van der Waals surface area contributed by atoms with Crippen molar-refractivity contribution in [2.75, 3.05) is 5.75 Å². The summed E-state index contributed by atoms with van der Waals surface area (Å²) in [7, 11) is 0. The van der Waals surface area contributed by atoms with Gasteiger partial charge in [-0.1, -0.05) is 16.9 Å². The third kappa shape index (κ3) is 4.73. The van der Waals surface area contributed by atoms with E-state index in [1.165, 1.54) is 0 Å². The highest BCUT2D eigenvalue weighted by Crippen LogP contribution is 2.18. The van der Waals surface area contributed by atoms with Gasteiger partial charge >= 0.3 is 0 Å². The number of unbranched alkanes of at least 4 members (excludes halogenated alkanes) is 1. The van der Waals surface area contributed by atoms with E-state index < -0.39 is 0 Å². The quantitative estimate of drug-likeness (QED) is 0.194. The van der Waals surface area contributed by atoms with Crippen molar-refractivity contribution in [3.05, 3.63) is 12.0 Å². The minimum absolute atomic E-state index is 0.284. The standard InChI is InChI=1S/C9H15N3O2S/c1-7-6-14-9(11-7)15-5-3-2-4-8(10)12-13/h6,13H,2-5H2,1H3,(H2,10,12). The molecule has 0 aromatic carbocycles. The molecule has 1 heterocycles. The Balaban J connectivity index is 2.07. The van der Waals surface area contributed by atoms with Gasteiger partial charge in [-0.3, -0.25) is 0 Å². The van der Waals surface area contributed by atoms with Crippen LogP contribution in [0.3, 0.4) is 0 Å². The summed E-state index contributed by atoms with van der Waals surface area (Å²) in [6, 6.07) is 0. The Morgan fingerprint density at radius 3 is 3.07 bits per heavy atom. The molecule has 0 aliphatic rings. The maximum atomic E-state index is 8.30. The molecule has 0 saturated carbocycles. The number of amidine groups is 1. The van der Waals surface area contributed by atoms with E-state index in [1.54, 1.807) is 18.0 Å². The van der Waals surface area contributed by atoms with Gasteiger partial charge in [0, 0.05) is 12.2 Å². The zero-order valence-electron chi connectivity index (χ0n) is 8.64. The smallest absolute Gasteiger partial charge is 0.255 e. The minimum atomic E-state index is 0.284. The second kappa shape index (κ2) is 6.34. The molecule has 84 valence electrons. The molecule has 0 amide bonds. The van der Waals surface area contributed by atoms with E-state index in [9.17, 15) is 0 Å². The summed E-state index contributed by atoms with van der Waals surface area (Å²) < 4.78 is 5.18. The highest BCUT2D eigenvalue weighted by Gasteiger charge is 2.01. The first-order chi connectivity index (χ1) is 7.22. The van der Waals surface area contributed by atoms with Crippen molar-refractivity contribution in [1.82, 2.24) is 4.98 Å². The van der Waals surface area contributed by atoms with Gasteiger partial charge in [0.05, 0.1) is 5.69 Å². The van der Waals surface area contributed by atoms with Crippen LogP contribution in [0.1, 0.15) is 25.0 Å². The Hall–Kier alpha value is -1.17. The fourth-order valence-corrected chi connectivity index (χ4v) is 1.86. The summed E-state index contributed by atoms with van der Waals surface area (Å²) in [5, 5.41) is 11.9. The molecule has 0 radical (unpaired) electrons. The van der Waals surface area contributed by atoms with Gasteiger partial charge in [-0.15, -0.1) is 0 Å². The van der Waals surface area contributed by atoms with Crippen molar-refractivity contribution < 1.29 is 9.62 Å². The van der Waals surface area contributed by atoms with Crippen molar-refractivity contribution in [3.63, 3.8) is 0 Å². The number of nitrogens with zero attached hydrogens (tertiary/aromatic N) is 2. The number of aryl methyl sites for hydroxylation is 1. The fraction of sp³-hybridized carbons (Fsp3) is 0.556. The summed E-state index contributed by atoms with van der Waals surface area (Å²) in [6.45, 7) is 1.89. The number of thioether (sulfide) groups is 1. The third-order valence-electron chi connectivity index (χ3n) is 1.78. The van der Waals surface area contributed by atoms with Crippen LogP contribution in [0.25, 0.3) is 0 Å². The Bertz CT molecular complexity index is 325. The Morgan fingerprint density at radius 1 is 1.67 bits per heavy atom. The highest BCUT2D eigenvalue weighted by atomic mass is 32.2. The van der Waals surface area contributed by atoms with Crippen LogP contribution < -0.4 is 5.73 Å². The largest absolute Gasteiger partial charge is 0.440 e. The van der Waals surface area contributed by atoms with E-state index in [1.807, 2.05) is 6.92 Å². The Labute approximate surface area is 92.7 Å². The molecule has 6 heteroatoms. The van der Waals surface area contributed by atoms with Gasteiger partial charge in [0.2, 0.25) is 0 Å². The van der Waals surface area contributed by atoms with Crippen LogP contribution in [0.2, 0.25) is 0 Å². The Morgan fingerprint density at radius 2 is 2.47 bits per heavy atom. The van der Waals surface area contributed by atoms with Gasteiger partial charge in [-0.2, -0.15) is 0 Å². The lowest BCUT2D eigenvalue weighted by Crippen LogP contribution is -2.10. The van der Waals surface area contributed by atoms with Crippen molar-refractivity contribution in [2.24, 2.45) is 10.9 Å². The second-order valence-electron chi connectivity index (χ2n) is 3.15. The number of rotatable bonds is 6. The van der Waals surface area contributed by atoms with Gasteiger partial charge < -0.3 is 15.4 Å². The van der Waals surface area contributed by atoms with Crippen LogP contribution in [-0.4, -0.2) is 21.8 Å². The lowest BCUT2D eigenvalue weighted by Gasteiger charge is -1.97. The minimum Gasteiger partial charge on any atom is -0.440 e. The molecule has 1 aromatic heterocycles. The van der Waals surface area contributed by atoms with Gasteiger partial charge in [0.25, 0.3) is 5.22 Å². The lowest BCUT2D eigenvalue weighted by molar-refractivity contribution is 0.316. The number of hydrogen-bond donors (Lipinski definition) is 2. The van der Waals surface area contributed by atoms with E-state index in [4.69, 9.17) is 15.4 Å². The third-order valence-corrected chi connectivity index (χ3v) is 2.71. The van der Waals surface area contributed by atoms with Crippen molar-refractivity contribution >= 4 is 17.6 Å². The van der Waals surface area contributed by atoms with E-state index in [0.717, 1.165) is 24.3 Å². The molecule has 0 spiro atoms. The SMILES string of the molecule is Cc1coc(SCCCCC(N)=NO)n1. The molecule has 0 aliphatic heterocycles. The predicted molar refractivity (Wildman–Crippen MR) is 59.2 cm³/mol. The molecule has 1 aromatic rings. The number of hydrogen-bond acceptors (Lipinski definition) is 5.